The third-order valence-electron chi connectivity index (χ3n) is 5.14. The number of carbonyl (C=O) groups excluding carboxylic acids is 1. The Hall–Kier alpha value is -1.76. The molecular weight excluding hydrogens is 334 g/mol. The molecule has 0 aliphatic carbocycles. The molecule has 0 aromatic carbocycles. The second-order valence-electron chi connectivity index (χ2n) is 6.90. The Morgan fingerprint density at radius 2 is 2.04 bits per heavy atom. The average Bonchev–Trinajstić information content (AvgIpc) is 3.15. The lowest BCUT2D eigenvalue weighted by Gasteiger charge is -2.47. The second-order valence-corrected chi connectivity index (χ2v) is 7.93. The fourth-order valence-electron chi connectivity index (χ4n) is 3.66. The molecule has 2 aromatic rings. The smallest absolute Gasteiger partial charge is 0.249 e. The molecule has 4 rings (SSSR count). The number of morpholine rings is 1. The van der Waals surface area contributed by atoms with Crippen LogP contribution in [0.3, 0.4) is 0 Å². The molecule has 5 nitrogen and oxygen atoms in total. The van der Waals surface area contributed by atoms with E-state index in [2.05, 4.69) is 27.4 Å². The summed E-state index contributed by atoms with van der Waals surface area (Å²) < 4.78 is 6.03. The summed E-state index contributed by atoms with van der Waals surface area (Å²) in [4.78, 5) is 22.4. The van der Waals surface area contributed by atoms with Gasteiger partial charge in [0.15, 0.2) is 0 Å². The van der Waals surface area contributed by atoms with Crippen LogP contribution in [0.1, 0.15) is 23.4 Å². The lowest BCUT2D eigenvalue weighted by Crippen LogP contribution is -2.58. The first-order valence-corrected chi connectivity index (χ1v) is 9.67. The number of thiophene rings is 1. The van der Waals surface area contributed by atoms with Gasteiger partial charge in [0, 0.05) is 30.7 Å². The Morgan fingerprint density at radius 1 is 1.16 bits per heavy atom. The van der Waals surface area contributed by atoms with Gasteiger partial charge in [-0.1, -0.05) is 12.1 Å². The zero-order chi connectivity index (χ0) is 17.1. The van der Waals surface area contributed by atoms with Crippen molar-refractivity contribution in [3.8, 4) is 0 Å². The van der Waals surface area contributed by atoms with Gasteiger partial charge < -0.3 is 9.64 Å². The number of pyridine rings is 1. The predicted octanol–water partition coefficient (Wildman–Crippen LogP) is 2.54. The average molecular weight is 357 g/mol. The number of hydrogen-bond donors (Lipinski definition) is 0. The van der Waals surface area contributed by atoms with Crippen molar-refractivity contribution in [1.29, 1.82) is 0 Å². The first-order chi connectivity index (χ1) is 12.2. The van der Waals surface area contributed by atoms with Crippen LogP contribution in [0.5, 0.6) is 0 Å². The van der Waals surface area contributed by atoms with Gasteiger partial charge >= 0.3 is 0 Å². The number of ether oxygens (including phenoxy) is 1. The van der Waals surface area contributed by atoms with Crippen LogP contribution in [-0.4, -0.2) is 52.5 Å². The van der Waals surface area contributed by atoms with Crippen LogP contribution in [0.15, 0.2) is 41.9 Å². The van der Waals surface area contributed by atoms with Crippen molar-refractivity contribution >= 4 is 17.2 Å². The van der Waals surface area contributed by atoms with Gasteiger partial charge in [-0.25, -0.2) is 0 Å². The minimum atomic E-state index is -0.186. The first kappa shape index (κ1) is 16.7. The van der Waals surface area contributed by atoms with E-state index in [4.69, 9.17) is 4.74 Å². The number of amides is 1. The monoisotopic (exact) mass is 357 g/mol. The summed E-state index contributed by atoms with van der Waals surface area (Å²) in [6, 6.07) is 10.1. The molecule has 2 aromatic heterocycles. The Balaban J connectivity index is 1.37. The van der Waals surface area contributed by atoms with Gasteiger partial charge in [0.1, 0.15) is 6.61 Å². The van der Waals surface area contributed by atoms with Gasteiger partial charge in [-0.2, -0.15) is 0 Å². The lowest BCUT2D eigenvalue weighted by molar-refractivity contribution is -0.172. The van der Waals surface area contributed by atoms with E-state index >= 15 is 0 Å². The highest BCUT2D eigenvalue weighted by Gasteiger charge is 2.42. The number of rotatable bonds is 4. The molecule has 2 fully saturated rings. The summed E-state index contributed by atoms with van der Waals surface area (Å²) >= 11 is 1.81. The van der Waals surface area contributed by atoms with Crippen LogP contribution in [0.4, 0.5) is 0 Å². The Morgan fingerprint density at radius 3 is 2.76 bits per heavy atom. The van der Waals surface area contributed by atoms with Crippen molar-refractivity contribution in [2.45, 2.75) is 31.5 Å². The molecule has 0 atom stereocenters. The summed E-state index contributed by atoms with van der Waals surface area (Å²) in [6.45, 7) is 4.49. The molecule has 0 radical (unpaired) electrons. The molecule has 6 heteroatoms. The van der Waals surface area contributed by atoms with Gasteiger partial charge in [-0.05, 0) is 36.4 Å². The topological polar surface area (TPSA) is 45.7 Å². The summed E-state index contributed by atoms with van der Waals surface area (Å²) in [6.07, 6.45) is 3.73. The largest absolute Gasteiger partial charge is 0.363 e. The lowest BCUT2D eigenvalue weighted by atomic mass is 9.89. The number of piperidine rings is 1. The number of aromatic nitrogens is 1. The fourth-order valence-corrected chi connectivity index (χ4v) is 4.41. The SMILES string of the molecule is O=C1COC2(CCN(Cc3cccs3)CC2)CN1Cc1ccccn1. The van der Waals surface area contributed by atoms with E-state index in [1.807, 2.05) is 34.4 Å². The van der Waals surface area contributed by atoms with Gasteiger partial charge in [-0.3, -0.25) is 14.7 Å². The molecular formula is C19H23N3O2S. The number of hydrogen-bond acceptors (Lipinski definition) is 5. The van der Waals surface area contributed by atoms with Gasteiger partial charge in [0.2, 0.25) is 5.91 Å². The minimum absolute atomic E-state index is 0.0669. The van der Waals surface area contributed by atoms with E-state index in [0.717, 1.165) is 38.2 Å². The summed E-state index contributed by atoms with van der Waals surface area (Å²) in [5.74, 6) is 0.0669. The van der Waals surface area contributed by atoms with Gasteiger partial charge in [0.05, 0.1) is 24.4 Å². The molecule has 25 heavy (non-hydrogen) atoms. The van der Waals surface area contributed by atoms with E-state index in [-0.39, 0.29) is 18.1 Å². The standard InChI is InChI=1S/C19H23N3O2S/c23-18-14-24-19(15-22(18)12-16-4-1-2-8-20-16)6-9-21(10-7-19)13-17-5-3-11-25-17/h1-5,8,11H,6-7,9-10,12-15H2. The highest BCUT2D eigenvalue weighted by atomic mass is 32.1. The predicted molar refractivity (Wildman–Crippen MR) is 97.2 cm³/mol. The van der Waals surface area contributed by atoms with Crippen molar-refractivity contribution in [3.05, 3.63) is 52.5 Å². The summed E-state index contributed by atoms with van der Waals surface area (Å²) in [5, 5.41) is 2.13. The van der Waals surface area contributed by atoms with Gasteiger partial charge in [-0.15, -0.1) is 11.3 Å². The Labute approximate surface area is 152 Å². The van der Waals surface area contributed by atoms with Gasteiger partial charge in [0.25, 0.3) is 0 Å². The minimum Gasteiger partial charge on any atom is -0.363 e. The van der Waals surface area contributed by atoms with E-state index in [1.165, 1.54) is 4.88 Å². The van der Waals surface area contributed by atoms with Crippen molar-refractivity contribution in [2.75, 3.05) is 26.2 Å². The maximum absolute atomic E-state index is 12.3. The molecule has 2 saturated heterocycles. The van der Waals surface area contributed by atoms with Crippen LogP contribution in [-0.2, 0) is 22.6 Å². The second kappa shape index (κ2) is 7.23. The molecule has 0 N–H and O–H groups in total. The molecule has 4 heterocycles. The van der Waals surface area contributed by atoms with Crippen molar-refractivity contribution in [1.82, 2.24) is 14.8 Å². The molecule has 2 aliphatic rings. The van der Waals surface area contributed by atoms with Crippen LogP contribution in [0.2, 0.25) is 0 Å². The zero-order valence-corrected chi connectivity index (χ0v) is 15.1. The van der Waals surface area contributed by atoms with Crippen LogP contribution >= 0.6 is 11.3 Å². The maximum atomic E-state index is 12.3. The van der Waals surface area contributed by atoms with Crippen molar-refractivity contribution < 1.29 is 9.53 Å². The highest BCUT2D eigenvalue weighted by Crippen LogP contribution is 2.31. The molecule has 132 valence electrons. The fraction of sp³-hybridized carbons (Fsp3) is 0.474. The normalized spacial score (nSPS) is 21.0. The Kier molecular flexibility index (Phi) is 4.83. The molecule has 1 spiro atoms. The third-order valence-corrected chi connectivity index (χ3v) is 6.00. The number of carbonyl (C=O) groups is 1. The van der Waals surface area contributed by atoms with Crippen molar-refractivity contribution in [2.24, 2.45) is 0 Å². The molecule has 0 unspecified atom stereocenters. The Bertz CT molecular complexity index is 697. The van der Waals surface area contributed by atoms with E-state index < -0.39 is 0 Å². The first-order valence-electron chi connectivity index (χ1n) is 8.79. The van der Waals surface area contributed by atoms with Crippen molar-refractivity contribution in [3.63, 3.8) is 0 Å². The summed E-state index contributed by atoms with van der Waals surface area (Å²) in [7, 11) is 0. The number of nitrogens with zero attached hydrogens (tertiary/aromatic N) is 3. The molecule has 1 amide bonds. The highest BCUT2D eigenvalue weighted by molar-refractivity contribution is 7.09. The zero-order valence-electron chi connectivity index (χ0n) is 14.3. The maximum Gasteiger partial charge on any atom is 0.249 e. The van der Waals surface area contributed by atoms with E-state index in [0.29, 0.717) is 13.1 Å². The van der Waals surface area contributed by atoms with E-state index in [9.17, 15) is 4.79 Å². The van der Waals surface area contributed by atoms with Crippen LogP contribution in [0, 0.1) is 0 Å². The molecule has 0 bridgehead atoms. The van der Waals surface area contributed by atoms with Crippen LogP contribution < -0.4 is 0 Å². The number of likely N-dealkylation sites (tertiary alicyclic amines) is 1. The van der Waals surface area contributed by atoms with E-state index in [1.54, 1.807) is 6.20 Å². The molecule has 2 aliphatic heterocycles. The summed E-state index contributed by atoms with van der Waals surface area (Å²) in [5.41, 5.74) is 0.747. The third kappa shape index (κ3) is 3.92. The quantitative estimate of drug-likeness (QED) is 0.844. The molecule has 0 saturated carbocycles. The van der Waals surface area contributed by atoms with Crippen LogP contribution in [0.25, 0.3) is 0 Å².